The van der Waals surface area contributed by atoms with Crippen molar-refractivity contribution in [3.05, 3.63) is 582 Å². The van der Waals surface area contributed by atoms with E-state index in [4.69, 9.17) is 0 Å². The van der Waals surface area contributed by atoms with Gasteiger partial charge in [-0.25, -0.2) is 0 Å². The summed E-state index contributed by atoms with van der Waals surface area (Å²) in [7, 11) is 0. The fraction of sp³-hybridized carbons (Fsp3) is 0.00769. The number of aromatic nitrogens is 6. The molecule has 6 heterocycles. The van der Waals surface area contributed by atoms with Crippen LogP contribution in [0.2, 0.25) is 0 Å². The Morgan fingerprint density at radius 3 is 0.517 bits per heavy atom. The van der Waals surface area contributed by atoms with E-state index in [1.165, 1.54) is 49.3 Å². The van der Waals surface area contributed by atoms with Gasteiger partial charge in [-0.3, -0.25) is 14.4 Å². The predicted octanol–water partition coefficient (Wildman–Crippen LogP) is 31.1. The summed E-state index contributed by atoms with van der Waals surface area (Å²) in [6.45, 7) is 13.7. The van der Waals surface area contributed by atoms with Crippen LogP contribution < -0.4 is 15.9 Å². The Morgan fingerprint density at radius 1 is 0.210 bits per heavy atom. The number of hydrogen-bond donors (Lipinski definition) is 0. The van der Waals surface area contributed by atoms with Gasteiger partial charge in [-0.2, -0.15) is 0 Å². The third-order valence-electron chi connectivity index (χ3n) is 23.1. The molecule has 6 aromatic heterocycles. The average molecular weight is 2290 g/mol. The van der Waals surface area contributed by atoms with Crippen LogP contribution in [0, 0.1) is 36.4 Å². The van der Waals surface area contributed by atoms with Gasteiger partial charge in [0, 0.05) is 53.9 Å². The molecule has 0 bridgehead atoms. The molecule has 0 N–H and O–H groups in total. The van der Waals surface area contributed by atoms with Crippen LogP contribution in [0.3, 0.4) is 0 Å². The van der Waals surface area contributed by atoms with Gasteiger partial charge in [0.15, 0.2) is 0 Å². The van der Waals surface area contributed by atoms with Gasteiger partial charge >= 0.3 is 175 Å². The van der Waals surface area contributed by atoms with Gasteiger partial charge in [-0.1, -0.05) is 256 Å². The molecular weight excluding hydrogens is 2190 g/mol. The van der Waals surface area contributed by atoms with E-state index in [2.05, 4.69) is 327 Å². The Bertz CT molecular complexity index is 6490. The van der Waals surface area contributed by atoms with Crippen LogP contribution in [-0.2, 0) is 40.2 Å². The number of aldehydes is 3. The topological polar surface area (TPSA) is 129 Å². The molecule has 0 aliphatic heterocycles. The van der Waals surface area contributed by atoms with Gasteiger partial charge < -0.3 is 29.9 Å². The second-order valence-electron chi connectivity index (χ2n) is 32.4. The van der Waals surface area contributed by atoms with Gasteiger partial charge in [0.05, 0.1) is 0 Å². The van der Waals surface area contributed by atoms with Crippen molar-refractivity contribution in [2.24, 2.45) is 0 Å². The molecule has 0 saturated carbocycles. The van der Waals surface area contributed by atoms with E-state index in [0.29, 0.717) is 16.7 Å². The molecule has 0 aliphatic carbocycles. The van der Waals surface area contributed by atoms with E-state index in [1.54, 1.807) is 37.2 Å². The van der Waals surface area contributed by atoms with Crippen molar-refractivity contribution in [1.82, 2.24) is 29.9 Å². The van der Waals surface area contributed by atoms with Crippen LogP contribution >= 0.6 is 20.8 Å². The molecule has 694 valence electrons. The minimum Gasteiger partial charge on any atom is -0.305 e. The Hall–Kier alpha value is -16.4. The van der Waals surface area contributed by atoms with Gasteiger partial charge in [-0.15, -0.1) is 212 Å². The summed E-state index contributed by atoms with van der Waals surface area (Å²) < 4.78 is 0. The maximum atomic E-state index is 10.7. The summed E-state index contributed by atoms with van der Waals surface area (Å²) in [6.07, 6.45) is 18.8. The average Bonchev–Trinajstić information content (AvgIpc) is 0.716. The van der Waals surface area contributed by atoms with Crippen LogP contribution in [-0.4, -0.2) is 55.4 Å². The summed E-state index contributed by atoms with van der Waals surface area (Å²) >= 11 is 4.24. The molecule has 21 rings (SSSR count). The van der Waals surface area contributed by atoms with Crippen LogP contribution in [0.15, 0.2) is 512 Å². The number of carbonyl (C=O) groups excluding carboxylic acids is 3. The van der Waals surface area contributed by atoms with E-state index >= 15 is 0 Å². The van der Waals surface area contributed by atoms with Gasteiger partial charge in [-0.05, 0) is 121 Å². The molecule has 0 unspecified atom stereocenters. The number of halogens is 1. The van der Waals surface area contributed by atoms with Crippen molar-refractivity contribution in [3.8, 4) is 134 Å². The standard InChI is InChI=1S/C19H18BrP.3C19H14N.3C18H12NO.2Ir/c1-21(20,17-11-5-2-6-12-17,18-13-7-3-8-14-18)19-15-9-4-10-16-19;3*1-2-15-9-11-16(12-10-15)17-6-5-7-18(14-17)19-8-3-4-13-20-19;3*20-13-14-7-9-15(10-8-14)16-4-3-5-17(12-16)18-6-1-2-11-19-18;;/h2-16H,1H3;3*2-6,8-14H,1H2;3*1-4,6-13H;;/q;6*-1;2*+3. The van der Waals surface area contributed by atoms with Crippen LogP contribution in [0.4, 0.5) is 0 Å². The van der Waals surface area contributed by atoms with Crippen LogP contribution in [0.5, 0.6) is 0 Å². The first-order valence-electron chi connectivity index (χ1n) is 45.7. The van der Waals surface area contributed by atoms with Crippen LogP contribution in [0.25, 0.3) is 153 Å². The molecule has 0 aliphatic rings. The third-order valence-corrected chi connectivity index (χ3v) is 31.4. The zero-order chi connectivity index (χ0) is 97.5. The summed E-state index contributed by atoms with van der Waals surface area (Å²) in [4.78, 5) is 58.1. The van der Waals surface area contributed by atoms with E-state index in [-0.39, 0.29) is 40.2 Å². The molecule has 0 saturated heterocycles. The molecule has 0 fully saturated rings. The van der Waals surface area contributed by atoms with Crippen molar-refractivity contribution in [3.63, 3.8) is 0 Å². The summed E-state index contributed by atoms with van der Waals surface area (Å²) in [5, 5.41) is 1.48. The SMILES string of the molecule is C=Cc1ccc(-c2cc[c-]c(-c3ccccn3)c2)cc1.C=Cc1ccc(-c2cc[c-]c(-c3ccccn3)c2)cc1.C=Cc1ccc(-c2cc[c-]c(-c3ccccn3)c2)cc1.CP(Br)(c1ccccc1)(c1ccccc1)c1ccccc1.O=Cc1ccc(-c2cc[c-]c(-c3ccccn3)c2)cc1.O=Cc1ccc(-c2cc[c-]c(-c3ccccn3)c2)cc1.O=Cc1ccc(-c2cc[c-]c(-c3ccccn3)c2)cc1.[Ir+3].[Ir+3]. The predicted molar refractivity (Wildman–Crippen MR) is 590 cm³/mol. The largest absolute Gasteiger partial charge is 3.00 e. The molecule has 13 heteroatoms. The van der Waals surface area contributed by atoms with Gasteiger partial charge in [0.25, 0.3) is 0 Å². The number of hydrogen-bond acceptors (Lipinski definition) is 9. The van der Waals surface area contributed by atoms with E-state index in [0.717, 1.165) is 136 Å². The molecule has 0 atom stereocenters. The maximum absolute atomic E-state index is 10.7. The second kappa shape index (κ2) is 53.1. The van der Waals surface area contributed by atoms with E-state index < -0.39 is 5.31 Å². The molecule has 143 heavy (non-hydrogen) atoms. The van der Waals surface area contributed by atoms with Crippen molar-refractivity contribution < 1.29 is 54.6 Å². The monoisotopic (exact) mass is 2280 g/mol. The second-order valence-corrected chi connectivity index (χ2v) is 42.1. The molecule has 21 aromatic rings. The first kappa shape index (κ1) is 104. The van der Waals surface area contributed by atoms with Crippen LogP contribution in [0.1, 0.15) is 47.8 Å². The molecule has 15 aromatic carbocycles. The number of nitrogens with zero attached hydrogens (tertiary/aromatic N) is 6. The summed E-state index contributed by atoms with van der Waals surface area (Å²) in [5.41, 5.74) is 30.4. The van der Waals surface area contributed by atoms with Crippen molar-refractivity contribution in [2.45, 2.75) is 0 Å². The van der Waals surface area contributed by atoms with Crippen molar-refractivity contribution in [1.29, 1.82) is 0 Å². The zero-order valence-corrected chi connectivity index (χ0v) is 85.5. The summed E-state index contributed by atoms with van der Waals surface area (Å²) in [6, 6.07) is 171. The Balaban J connectivity index is 0.000000140. The molecule has 0 spiro atoms. The number of pyridine rings is 6. The number of benzene rings is 15. The fourth-order valence-corrected chi connectivity index (χ4v) is 21.1. The molecule has 0 amide bonds. The van der Waals surface area contributed by atoms with E-state index in [1.807, 2.05) is 255 Å². The van der Waals surface area contributed by atoms with Crippen molar-refractivity contribution in [2.75, 3.05) is 6.66 Å². The molecule has 0 radical (unpaired) electrons. The first-order valence-corrected chi connectivity index (χ1v) is 50.4. The number of carbonyl (C=O) groups is 3. The van der Waals surface area contributed by atoms with Crippen molar-refractivity contribution >= 4 is 73.8 Å². The van der Waals surface area contributed by atoms with Gasteiger partial charge in [0.1, 0.15) is 18.9 Å². The fourth-order valence-electron chi connectivity index (χ4n) is 15.4. The Morgan fingerprint density at radius 2 is 0.371 bits per heavy atom. The minimum atomic E-state index is -2.56. The third kappa shape index (κ3) is 28.5. The quantitative estimate of drug-likeness (QED) is 0.0392. The van der Waals surface area contributed by atoms with E-state index in [9.17, 15) is 14.4 Å². The normalized spacial score (nSPS) is 10.5. The zero-order valence-electron chi connectivity index (χ0n) is 78.3. The Labute approximate surface area is 873 Å². The number of rotatable bonds is 21. The molecule has 9 nitrogen and oxygen atoms in total. The van der Waals surface area contributed by atoms with Gasteiger partial charge in [0.2, 0.25) is 0 Å². The summed E-state index contributed by atoms with van der Waals surface area (Å²) in [5.74, 6) is 0. The maximum Gasteiger partial charge on any atom is 3.00 e. The Kier molecular flexibility index (Phi) is 38.7. The molecular formula is C130H96BrIr2N6O3P. The smallest absolute Gasteiger partial charge is 0.305 e. The first-order chi connectivity index (χ1) is 69.3. The minimum absolute atomic E-state index is 0.